The number of terminal acetylenes is 1. The maximum absolute atomic E-state index is 13.1. The quantitative estimate of drug-likeness (QED) is 0.595. The van der Waals surface area contributed by atoms with Crippen LogP contribution in [-0.2, 0) is 0 Å². The number of benzene rings is 1. The topological polar surface area (TPSA) is 20.2 Å². The molecule has 14 heavy (non-hydrogen) atoms. The zero-order valence-corrected chi connectivity index (χ0v) is 7.85. The van der Waals surface area contributed by atoms with Crippen LogP contribution in [-0.4, -0.2) is 5.11 Å². The summed E-state index contributed by atoms with van der Waals surface area (Å²) in [5.74, 6) is 0.612. The predicted molar refractivity (Wildman–Crippen MR) is 49.8 cm³/mol. The third kappa shape index (κ3) is 2.22. The second-order valence-electron chi connectivity index (χ2n) is 2.71. The Morgan fingerprint density at radius 3 is 2.64 bits per heavy atom. The van der Waals surface area contributed by atoms with E-state index in [1.807, 2.05) is 0 Å². The minimum atomic E-state index is -1.20. The van der Waals surface area contributed by atoms with Gasteiger partial charge in [-0.15, -0.1) is 12.3 Å². The van der Waals surface area contributed by atoms with E-state index >= 15 is 0 Å². The van der Waals surface area contributed by atoms with Gasteiger partial charge >= 0.3 is 0 Å². The maximum atomic E-state index is 13.1. The second-order valence-corrected chi connectivity index (χ2v) is 3.12. The first-order valence-electron chi connectivity index (χ1n) is 3.82. The van der Waals surface area contributed by atoms with Crippen molar-refractivity contribution in [3.8, 4) is 12.3 Å². The van der Waals surface area contributed by atoms with E-state index in [2.05, 4.69) is 5.92 Å². The molecule has 1 unspecified atom stereocenters. The average molecular weight is 217 g/mol. The highest BCUT2D eigenvalue weighted by molar-refractivity contribution is 6.30. The number of halogens is 3. The van der Waals surface area contributed by atoms with Crippen LogP contribution in [0.2, 0.25) is 5.02 Å². The molecule has 1 aromatic carbocycles. The van der Waals surface area contributed by atoms with Crippen LogP contribution < -0.4 is 0 Å². The summed E-state index contributed by atoms with van der Waals surface area (Å²) in [5, 5.41) is 9.00. The number of hydrogen-bond acceptors (Lipinski definition) is 1. The molecule has 0 radical (unpaired) electrons. The van der Waals surface area contributed by atoms with Crippen molar-refractivity contribution in [1.29, 1.82) is 0 Å². The molecule has 0 saturated carbocycles. The molecule has 0 amide bonds. The highest BCUT2D eigenvalue weighted by Crippen LogP contribution is 2.25. The normalized spacial score (nSPS) is 12.2. The Bertz CT molecular complexity index is 384. The largest absolute Gasteiger partial charge is 0.387 e. The maximum Gasteiger partial charge on any atom is 0.142 e. The Labute approximate surface area is 85.3 Å². The SMILES string of the molecule is C#CCC(O)c1cc(F)c(Cl)cc1F. The van der Waals surface area contributed by atoms with Gasteiger partial charge in [-0.2, -0.15) is 0 Å². The smallest absolute Gasteiger partial charge is 0.142 e. The monoisotopic (exact) mass is 216 g/mol. The Kier molecular flexibility index (Phi) is 3.45. The highest BCUT2D eigenvalue weighted by atomic mass is 35.5. The van der Waals surface area contributed by atoms with Crippen molar-refractivity contribution in [2.75, 3.05) is 0 Å². The van der Waals surface area contributed by atoms with E-state index < -0.39 is 17.7 Å². The summed E-state index contributed by atoms with van der Waals surface area (Å²) in [7, 11) is 0. The number of aliphatic hydroxyl groups is 1. The van der Waals surface area contributed by atoms with Crippen LogP contribution in [0.5, 0.6) is 0 Å². The zero-order chi connectivity index (χ0) is 10.7. The van der Waals surface area contributed by atoms with E-state index in [9.17, 15) is 13.9 Å². The van der Waals surface area contributed by atoms with Gasteiger partial charge in [0.1, 0.15) is 11.6 Å². The van der Waals surface area contributed by atoms with Gasteiger partial charge in [0.2, 0.25) is 0 Å². The molecule has 0 bridgehead atoms. The number of rotatable bonds is 2. The van der Waals surface area contributed by atoms with E-state index in [4.69, 9.17) is 18.0 Å². The van der Waals surface area contributed by atoms with Crippen molar-refractivity contribution in [3.05, 3.63) is 34.4 Å². The average Bonchev–Trinajstić information content (AvgIpc) is 2.11. The highest BCUT2D eigenvalue weighted by Gasteiger charge is 2.14. The van der Waals surface area contributed by atoms with Crippen molar-refractivity contribution in [2.24, 2.45) is 0 Å². The molecule has 0 saturated heterocycles. The second kappa shape index (κ2) is 4.41. The fourth-order valence-electron chi connectivity index (χ4n) is 1.01. The summed E-state index contributed by atoms with van der Waals surface area (Å²) < 4.78 is 26.0. The summed E-state index contributed by atoms with van der Waals surface area (Å²) in [6.07, 6.45) is 3.66. The van der Waals surface area contributed by atoms with Gasteiger partial charge in [0.05, 0.1) is 11.1 Å². The van der Waals surface area contributed by atoms with Gasteiger partial charge in [0.25, 0.3) is 0 Å². The minimum Gasteiger partial charge on any atom is -0.387 e. The first-order valence-corrected chi connectivity index (χ1v) is 4.20. The van der Waals surface area contributed by atoms with Crippen molar-refractivity contribution in [3.63, 3.8) is 0 Å². The van der Waals surface area contributed by atoms with Crippen molar-refractivity contribution < 1.29 is 13.9 Å². The molecule has 1 rings (SSSR count). The molecule has 74 valence electrons. The van der Waals surface area contributed by atoms with Gasteiger partial charge in [-0.25, -0.2) is 8.78 Å². The fourth-order valence-corrected chi connectivity index (χ4v) is 1.17. The molecule has 1 N–H and O–H groups in total. The van der Waals surface area contributed by atoms with Crippen LogP contribution in [0.15, 0.2) is 12.1 Å². The van der Waals surface area contributed by atoms with Gasteiger partial charge in [0.15, 0.2) is 0 Å². The van der Waals surface area contributed by atoms with Crippen molar-refractivity contribution >= 4 is 11.6 Å². The molecule has 0 aliphatic heterocycles. The van der Waals surface area contributed by atoms with E-state index in [-0.39, 0.29) is 17.0 Å². The summed E-state index contributed by atoms with van der Waals surface area (Å²) in [5.41, 5.74) is -0.176. The standard InChI is InChI=1S/C10H7ClF2O/c1-2-3-10(14)6-4-9(13)7(11)5-8(6)12/h1,4-5,10,14H,3H2. The first-order chi connectivity index (χ1) is 6.56. The summed E-state index contributed by atoms with van der Waals surface area (Å²) in [6, 6.07) is 1.66. The lowest BCUT2D eigenvalue weighted by molar-refractivity contribution is 0.178. The molecule has 0 spiro atoms. The van der Waals surface area contributed by atoms with Gasteiger partial charge in [-0.05, 0) is 12.1 Å². The van der Waals surface area contributed by atoms with E-state index in [1.165, 1.54) is 0 Å². The predicted octanol–water partition coefficient (Wildman–Crippen LogP) is 2.67. The fraction of sp³-hybridized carbons (Fsp3) is 0.200. The van der Waals surface area contributed by atoms with E-state index in [0.717, 1.165) is 12.1 Å². The van der Waals surface area contributed by atoms with Gasteiger partial charge in [0, 0.05) is 12.0 Å². The van der Waals surface area contributed by atoms with Gasteiger partial charge < -0.3 is 5.11 Å². The minimum absolute atomic E-state index is 0.0714. The lowest BCUT2D eigenvalue weighted by atomic mass is 10.1. The third-order valence-electron chi connectivity index (χ3n) is 1.71. The summed E-state index contributed by atoms with van der Waals surface area (Å²) >= 11 is 5.33. The molecule has 1 aromatic rings. The Morgan fingerprint density at radius 1 is 1.43 bits per heavy atom. The molecule has 0 aliphatic carbocycles. The Balaban J connectivity index is 3.10. The molecule has 0 heterocycles. The molecular formula is C10H7ClF2O. The van der Waals surface area contributed by atoms with E-state index in [0.29, 0.717) is 0 Å². The zero-order valence-electron chi connectivity index (χ0n) is 7.10. The van der Waals surface area contributed by atoms with E-state index in [1.54, 1.807) is 0 Å². The third-order valence-corrected chi connectivity index (χ3v) is 2.00. The lowest BCUT2D eigenvalue weighted by Gasteiger charge is -2.09. The molecule has 0 aromatic heterocycles. The molecular weight excluding hydrogens is 210 g/mol. The van der Waals surface area contributed by atoms with Crippen LogP contribution >= 0.6 is 11.6 Å². The molecule has 1 atom stereocenters. The summed E-state index contributed by atoms with van der Waals surface area (Å²) in [4.78, 5) is 0. The van der Waals surface area contributed by atoms with Gasteiger partial charge in [-0.1, -0.05) is 11.6 Å². The molecule has 0 aliphatic rings. The molecule has 4 heteroatoms. The van der Waals surface area contributed by atoms with Crippen molar-refractivity contribution in [1.82, 2.24) is 0 Å². The van der Waals surface area contributed by atoms with Gasteiger partial charge in [-0.3, -0.25) is 0 Å². The van der Waals surface area contributed by atoms with Crippen molar-refractivity contribution in [2.45, 2.75) is 12.5 Å². The number of aliphatic hydroxyl groups excluding tert-OH is 1. The van der Waals surface area contributed by atoms with Crippen LogP contribution in [0, 0.1) is 24.0 Å². The van der Waals surface area contributed by atoms with Crippen LogP contribution in [0.4, 0.5) is 8.78 Å². The molecule has 0 fully saturated rings. The number of hydrogen-bond donors (Lipinski definition) is 1. The Morgan fingerprint density at radius 2 is 2.07 bits per heavy atom. The Hall–Kier alpha value is -1.11. The molecule has 1 nitrogen and oxygen atoms in total. The lowest BCUT2D eigenvalue weighted by Crippen LogP contribution is -2.00. The first kappa shape index (κ1) is 11.0. The summed E-state index contributed by atoms with van der Waals surface area (Å²) in [6.45, 7) is 0. The van der Waals surface area contributed by atoms with Crippen LogP contribution in [0.25, 0.3) is 0 Å². The van der Waals surface area contributed by atoms with Crippen LogP contribution in [0.3, 0.4) is 0 Å². The van der Waals surface area contributed by atoms with Crippen LogP contribution in [0.1, 0.15) is 18.1 Å².